The summed E-state index contributed by atoms with van der Waals surface area (Å²) in [6.07, 6.45) is 9.53. The van der Waals surface area contributed by atoms with Gasteiger partial charge in [0.05, 0.1) is 23.4 Å². The lowest BCUT2D eigenvalue weighted by atomic mass is 9.92. The van der Waals surface area contributed by atoms with Crippen molar-refractivity contribution in [2.45, 2.75) is 57.6 Å². The second-order valence-electron chi connectivity index (χ2n) is 10.7. The van der Waals surface area contributed by atoms with Gasteiger partial charge in [-0.1, -0.05) is 12.1 Å². The van der Waals surface area contributed by atoms with Crippen LogP contribution in [0.5, 0.6) is 5.75 Å². The van der Waals surface area contributed by atoms with Crippen molar-refractivity contribution >= 4 is 22.7 Å². The van der Waals surface area contributed by atoms with E-state index in [1.807, 2.05) is 61.1 Å². The molecular weight excluding hydrogens is 490 g/mol. The van der Waals surface area contributed by atoms with E-state index in [1.54, 1.807) is 6.20 Å². The van der Waals surface area contributed by atoms with E-state index in [0.29, 0.717) is 36.2 Å². The number of rotatable bonds is 9. The summed E-state index contributed by atoms with van der Waals surface area (Å²) in [5.41, 5.74) is 4.20. The molecule has 0 aliphatic heterocycles. The molecule has 0 spiro atoms. The first kappa shape index (κ1) is 25.1. The highest BCUT2D eigenvalue weighted by Crippen LogP contribution is 2.43. The van der Waals surface area contributed by atoms with E-state index < -0.39 is 6.09 Å². The summed E-state index contributed by atoms with van der Waals surface area (Å²) in [5, 5.41) is 14.0. The number of imidazole rings is 1. The molecule has 0 saturated heterocycles. The number of ether oxygens (including phenoxy) is 2. The number of aromatic nitrogens is 3. The second kappa shape index (κ2) is 10.5. The van der Waals surface area contributed by atoms with Crippen LogP contribution in [0.25, 0.3) is 22.2 Å². The number of aryl methyl sites for hydroxylation is 1. The lowest BCUT2D eigenvalue weighted by Gasteiger charge is -2.30. The Morgan fingerprint density at radius 1 is 1.18 bits per heavy atom. The molecule has 39 heavy (non-hydrogen) atoms. The summed E-state index contributed by atoms with van der Waals surface area (Å²) in [6.45, 7) is 2.47. The molecule has 1 N–H and O–H groups in total. The van der Waals surface area contributed by atoms with Gasteiger partial charge in [0, 0.05) is 49.0 Å². The van der Waals surface area contributed by atoms with E-state index in [2.05, 4.69) is 27.0 Å². The Balaban J connectivity index is 1.27. The minimum absolute atomic E-state index is 0.0654. The lowest BCUT2D eigenvalue weighted by molar-refractivity contribution is 0.108. The van der Waals surface area contributed by atoms with Crippen molar-refractivity contribution in [3.63, 3.8) is 0 Å². The molecule has 2 fully saturated rings. The van der Waals surface area contributed by atoms with Crippen LogP contribution in [0.4, 0.5) is 10.5 Å². The Bertz CT molecular complexity index is 1540. The first-order chi connectivity index (χ1) is 19.0. The van der Waals surface area contributed by atoms with Gasteiger partial charge in [0.1, 0.15) is 23.7 Å². The molecule has 2 aromatic heterocycles. The van der Waals surface area contributed by atoms with Crippen molar-refractivity contribution in [1.29, 1.82) is 5.26 Å². The quantitative estimate of drug-likeness (QED) is 0.266. The zero-order valence-electron chi connectivity index (χ0n) is 22.4. The summed E-state index contributed by atoms with van der Waals surface area (Å²) < 4.78 is 15.9. The summed E-state index contributed by atoms with van der Waals surface area (Å²) in [5.74, 6) is 2.25. The number of carbonyl (C=O) groups is 1. The van der Waals surface area contributed by atoms with Crippen LogP contribution >= 0.6 is 0 Å². The van der Waals surface area contributed by atoms with Crippen molar-refractivity contribution in [1.82, 2.24) is 14.1 Å². The van der Waals surface area contributed by atoms with E-state index >= 15 is 0 Å². The Morgan fingerprint density at radius 3 is 2.62 bits per heavy atom. The molecule has 8 heteroatoms. The fourth-order valence-corrected chi connectivity index (χ4v) is 5.39. The minimum atomic E-state index is -0.432. The van der Waals surface area contributed by atoms with E-state index in [1.165, 1.54) is 6.42 Å². The Hall–Kier alpha value is -4.25. The van der Waals surface area contributed by atoms with Crippen LogP contribution in [0.3, 0.4) is 0 Å². The number of hydrogen-bond acceptors (Lipinski definition) is 5. The van der Waals surface area contributed by atoms with Gasteiger partial charge in [-0.2, -0.15) is 5.26 Å². The molecule has 6 rings (SSSR count). The third-order valence-corrected chi connectivity index (χ3v) is 8.03. The second-order valence-corrected chi connectivity index (χ2v) is 10.7. The highest BCUT2D eigenvalue weighted by Gasteiger charge is 2.31. The number of nitrogens with one attached hydrogen (secondary N) is 1. The monoisotopic (exact) mass is 523 g/mol. The van der Waals surface area contributed by atoms with Crippen molar-refractivity contribution in [2.24, 2.45) is 13.0 Å². The van der Waals surface area contributed by atoms with Crippen molar-refractivity contribution in [2.75, 3.05) is 11.9 Å². The highest BCUT2D eigenvalue weighted by molar-refractivity contribution is 5.96. The minimum Gasteiger partial charge on any atom is -0.493 e. The zero-order valence-corrected chi connectivity index (χ0v) is 22.4. The molecule has 8 nitrogen and oxygen atoms in total. The smallest absolute Gasteiger partial charge is 0.411 e. The van der Waals surface area contributed by atoms with E-state index in [-0.39, 0.29) is 6.10 Å². The first-order valence-corrected chi connectivity index (χ1v) is 13.8. The van der Waals surface area contributed by atoms with Gasteiger partial charge in [-0.25, -0.2) is 9.78 Å². The third-order valence-electron chi connectivity index (χ3n) is 8.03. The molecule has 1 amide bonds. The molecule has 200 valence electrons. The Morgan fingerprint density at radius 2 is 1.97 bits per heavy atom. The SMILES string of the molecule is CC(OC(=O)Nc1ccc(-c2c(C#N)c3ccc(OCCc4nccn4C)cc3n2C2CCC2)cc1)C1CC1. The van der Waals surface area contributed by atoms with E-state index in [0.717, 1.165) is 59.4 Å². The predicted octanol–water partition coefficient (Wildman–Crippen LogP) is 6.61. The maximum absolute atomic E-state index is 12.3. The van der Waals surface area contributed by atoms with Crippen molar-refractivity contribution in [3.05, 3.63) is 66.2 Å². The van der Waals surface area contributed by atoms with Crippen LogP contribution in [0.1, 0.15) is 56.5 Å². The number of nitrogens with zero attached hydrogens (tertiary/aromatic N) is 4. The topological polar surface area (TPSA) is 94.1 Å². The highest BCUT2D eigenvalue weighted by atomic mass is 16.6. The largest absolute Gasteiger partial charge is 0.493 e. The van der Waals surface area contributed by atoms with E-state index in [9.17, 15) is 10.1 Å². The molecule has 1 atom stereocenters. The number of benzene rings is 2. The van der Waals surface area contributed by atoms with Crippen LogP contribution < -0.4 is 10.1 Å². The zero-order chi connectivity index (χ0) is 26.9. The number of amides is 1. The number of anilines is 1. The molecule has 2 aromatic carbocycles. The van der Waals surface area contributed by atoms with Crippen molar-refractivity contribution in [3.8, 4) is 23.1 Å². The molecule has 2 saturated carbocycles. The Labute approximate surface area is 228 Å². The lowest BCUT2D eigenvalue weighted by Crippen LogP contribution is -2.21. The number of carbonyl (C=O) groups excluding carboxylic acids is 1. The van der Waals surface area contributed by atoms with Crippen LogP contribution in [0, 0.1) is 17.2 Å². The maximum atomic E-state index is 12.3. The van der Waals surface area contributed by atoms with Gasteiger partial charge in [0.25, 0.3) is 0 Å². The molecule has 1 unspecified atom stereocenters. The molecule has 2 aliphatic carbocycles. The molecule has 2 heterocycles. The molecule has 2 aliphatic rings. The fraction of sp³-hybridized carbons (Fsp3) is 0.387. The first-order valence-electron chi connectivity index (χ1n) is 13.8. The van der Waals surface area contributed by atoms with Gasteiger partial charge < -0.3 is 18.6 Å². The Kier molecular flexibility index (Phi) is 6.74. The summed E-state index contributed by atoms with van der Waals surface area (Å²) in [6, 6.07) is 16.5. The number of hydrogen-bond donors (Lipinski definition) is 1. The van der Waals surface area contributed by atoms with Gasteiger partial charge in [-0.15, -0.1) is 0 Å². The average Bonchev–Trinajstić information content (AvgIpc) is 3.61. The van der Waals surface area contributed by atoms with Gasteiger partial charge in [-0.05, 0) is 74.8 Å². The van der Waals surface area contributed by atoms with Crippen LogP contribution in [-0.4, -0.2) is 32.9 Å². The van der Waals surface area contributed by atoms with Gasteiger partial charge in [-0.3, -0.25) is 5.32 Å². The van der Waals surface area contributed by atoms with Crippen molar-refractivity contribution < 1.29 is 14.3 Å². The number of fused-ring (bicyclic) bond motifs is 1. The summed E-state index contributed by atoms with van der Waals surface area (Å²) in [4.78, 5) is 16.7. The van der Waals surface area contributed by atoms with Gasteiger partial charge in [0.2, 0.25) is 0 Å². The van der Waals surface area contributed by atoms with Gasteiger partial charge >= 0.3 is 6.09 Å². The predicted molar refractivity (Wildman–Crippen MR) is 150 cm³/mol. The van der Waals surface area contributed by atoms with E-state index in [4.69, 9.17) is 9.47 Å². The molecule has 0 bridgehead atoms. The number of nitriles is 1. The fourth-order valence-electron chi connectivity index (χ4n) is 5.39. The average molecular weight is 524 g/mol. The van der Waals surface area contributed by atoms with Crippen LogP contribution in [0.2, 0.25) is 0 Å². The molecular formula is C31H33N5O3. The summed E-state index contributed by atoms with van der Waals surface area (Å²) in [7, 11) is 1.98. The standard InChI is InChI=1S/C31H33N5O3/c1-20(21-6-7-21)39-31(37)34-23-10-8-22(9-11-23)30-27(19-32)26-13-12-25(18-28(26)36(30)24-4-3-5-24)38-17-14-29-33-15-16-35(29)2/h8-13,15-16,18,20-21,24H,3-7,14,17H2,1-2H3,(H,34,37). The normalized spacial score (nSPS) is 15.9. The summed E-state index contributed by atoms with van der Waals surface area (Å²) >= 11 is 0. The maximum Gasteiger partial charge on any atom is 0.411 e. The van der Waals surface area contributed by atoms with Gasteiger partial charge in [0.15, 0.2) is 0 Å². The van der Waals surface area contributed by atoms with Crippen LogP contribution in [-0.2, 0) is 18.2 Å². The van der Waals surface area contributed by atoms with Crippen LogP contribution in [0.15, 0.2) is 54.9 Å². The molecule has 0 radical (unpaired) electrons. The third kappa shape index (κ3) is 5.09. The molecule has 4 aromatic rings.